The summed E-state index contributed by atoms with van der Waals surface area (Å²) < 4.78 is 1.52. The molecule has 1 unspecified atom stereocenters. The van der Waals surface area contributed by atoms with Gasteiger partial charge in [-0.1, -0.05) is 48.5 Å². The maximum absolute atomic E-state index is 12.8. The molecule has 0 saturated carbocycles. The number of amides is 3. The van der Waals surface area contributed by atoms with Gasteiger partial charge >= 0.3 is 0 Å². The second kappa shape index (κ2) is 10.3. The van der Waals surface area contributed by atoms with Crippen LogP contribution in [0.15, 0.2) is 97.2 Å². The van der Waals surface area contributed by atoms with Crippen molar-refractivity contribution in [1.82, 2.24) is 15.1 Å². The average Bonchev–Trinajstić information content (AvgIpc) is 3.36. The minimum absolute atomic E-state index is 0.0610. The molecule has 3 amide bonds. The van der Waals surface area contributed by atoms with Crippen LogP contribution in [0.4, 0.5) is 5.69 Å². The highest BCUT2D eigenvalue weighted by Gasteiger charge is 2.19. The van der Waals surface area contributed by atoms with E-state index in [0.717, 1.165) is 5.56 Å². The molecule has 4 rings (SSSR count). The summed E-state index contributed by atoms with van der Waals surface area (Å²) in [6.45, 7) is 0. The zero-order valence-corrected chi connectivity index (χ0v) is 18.2. The molecule has 0 radical (unpaired) electrons. The second-order valence-corrected chi connectivity index (χ2v) is 7.61. The van der Waals surface area contributed by atoms with E-state index in [1.807, 2.05) is 36.4 Å². The molecular formula is C26H23N5O3. The Bertz CT molecular complexity index is 1290. The summed E-state index contributed by atoms with van der Waals surface area (Å²) in [5.41, 5.74) is 8.07. The van der Waals surface area contributed by atoms with Gasteiger partial charge in [-0.2, -0.15) is 5.10 Å². The third-order valence-electron chi connectivity index (χ3n) is 5.19. The van der Waals surface area contributed by atoms with E-state index >= 15 is 0 Å². The van der Waals surface area contributed by atoms with Crippen molar-refractivity contribution in [2.45, 2.75) is 12.5 Å². The smallest absolute Gasteiger partial charge is 0.269 e. The standard InChI is InChI=1S/C26H23N5O3/c27-25(33)22-15-16-31(30-22)21-13-11-20(12-14-21)28-24(32)17-23(18-7-3-1-4-8-18)29-26(34)19-9-5-2-6-10-19/h1-16,23H,17H2,(H2,27,33)(H,28,32)(H,29,34). The topological polar surface area (TPSA) is 119 Å². The Morgan fingerprint density at radius 3 is 2.12 bits per heavy atom. The highest BCUT2D eigenvalue weighted by atomic mass is 16.2. The molecule has 170 valence electrons. The number of nitrogens with two attached hydrogens (primary N) is 1. The Morgan fingerprint density at radius 2 is 1.50 bits per heavy atom. The summed E-state index contributed by atoms with van der Waals surface area (Å²) in [7, 11) is 0. The fraction of sp³-hybridized carbons (Fsp3) is 0.0769. The van der Waals surface area contributed by atoms with E-state index in [9.17, 15) is 14.4 Å². The number of carbonyl (C=O) groups excluding carboxylic acids is 3. The lowest BCUT2D eigenvalue weighted by Gasteiger charge is -2.19. The minimum atomic E-state index is -0.602. The number of carbonyl (C=O) groups is 3. The van der Waals surface area contributed by atoms with Gasteiger partial charge in [0.2, 0.25) is 5.91 Å². The Labute approximate surface area is 196 Å². The van der Waals surface area contributed by atoms with Crippen LogP contribution in [0.2, 0.25) is 0 Å². The SMILES string of the molecule is NC(=O)c1ccn(-c2ccc(NC(=O)CC(NC(=O)c3ccccc3)c3ccccc3)cc2)n1. The number of nitrogens with one attached hydrogen (secondary N) is 2. The average molecular weight is 454 g/mol. The fourth-order valence-corrected chi connectivity index (χ4v) is 3.46. The van der Waals surface area contributed by atoms with Crippen molar-refractivity contribution in [2.75, 3.05) is 5.32 Å². The third-order valence-corrected chi connectivity index (χ3v) is 5.19. The molecular weight excluding hydrogens is 430 g/mol. The van der Waals surface area contributed by atoms with Crippen LogP contribution < -0.4 is 16.4 Å². The molecule has 0 aliphatic carbocycles. The molecule has 4 aromatic rings. The van der Waals surface area contributed by atoms with Gasteiger partial charge < -0.3 is 16.4 Å². The van der Waals surface area contributed by atoms with Gasteiger partial charge in [-0.3, -0.25) is 14.4 Å². The molecule has 0 fully saturated rings. The number of benzene rings is 3. The first kappa shape index (κ1) is 22.5. The van der Waals surface area contributed by atoms with Crippen molar-refractivity contribution in [3.05, 3.63) is 114 Å². The summed E-state index contributed by atoms with van der Waals surface area (Å²) in [6.07, 6.45) is 1.69. The highest BCUT2D eigenvalue weighted by Crippen LogP contribution is 2.20. The number of nitrogens with zero attached hydrogens (tertiary/aromatic N) is 2. The van der Waals surface area contributed by atoms with Crippen molar-refractivity contribution in [2.24, 2.45) is 5.73 Å². The molecule has 3 aromatic carbocycles. The van der Waals surface area contributed by atoms with Gasteiger partial charge in [0.15, 0.2) is 0 Å². The number of hydrogen-bond donors (Lipinski definition) is 3. The number of rotatable bonds is 8. The molecule has 8 nitrogen and oxygen atoms in total. The van der Waals surface area contributed by atoms with Crippen molar-refractivity contribution in [3.8, 4) is 5.69 Å². The first-order chi connectivity index (χ1) is 16.5. The van der Waals surface area contributed by atoms with E-state index in [1.54, 1.807) is 54.7 Å². The lowest BCUT2D eigenvalue weighted by atomic mass is 10.0. The van der Waals surface area contributed by atoms with Gasteiger partial charge in [-0.05, 0) is 48.0 Å². The Balaban J connectivity index is 1.44. The van der Waals surface area contributed by atoms with Crippen LogP contribution in [-0.4, -0.2) is 27.5 Å². The van der Waals surface area contributed by atoms with Crippen LogP contribution >= 0.6 is 0 Å². The van der Waals surface area contributed by atoms with Gasteiger partial charge in [0, 0.05) is 17.4 Å². The van der Waals surface area contributed by atoms with Gasteiger partial charge in [0.05, 0.1) is 18.2 Å². The fourth-order valence-electron chi connectivity index (χ4n) is 3.46. The summed E-state index contributed by atoms with van der Waals surface area (Å²) in [6, 6.07) is 26.3. The Kier molecular flexibility index (Phi) is 6.78. The largest absolute Gasteiger partial charge is 0.364 e. The number of primary amides is 1. The molecule has 34 heavy (non-hydrogen) atoms. The highest BCUT2D eigenvalue weighted by molar-refractivity contribution is 5.96. The lowest BCUT2D eigenvalue weighted by molar-refractivity contribution is -0.116. The number of aromatic nitrogens is 2. The van der Waals surface area contributed by atoms with Crippen LogP contribution in [0.5, 0.6) is 0 Å². The monoisotopic (exact) mass is 453 g/mol. The molecule has 0 spiro atoms. The maximum Gasteiger partial charge on any atom is 0.269 e. The molecule has 4 N–H and O–H groups in total. The first-order valence-corrected chi connectivity index (χ1v) is 10.7. The molecule has 1 aromatic heterocycles. The second-order valence-electron chi connectivity index (χ2n) is 7.61. The summed E-state index contributed by atoms with van der Waals surface area (Å²) >= 11 is 0. The van der Waals surface area contributed by atoms with Crippen molar-refractivity contribution >= 4 is 23.4 Å². The summed E-state index contributed by atoms with van der Waals surface area (Å²) in [5, 5.41) is 9.93. The summed E-state index contributed by atoms with van der Waals surface area (Å²) in [5.74, 6) is -1.10. The van der Waals surface area contributed by atoms with Crippen LogP contribution in [0.1, 0.15) is 38.9 Å². The minimum Gasteiger partial charge on any atom is -0.364 e. The van der Waals surface area contributed by atoms with Crippen LogP contribution in [-0.2, 0) is 4.79 Å². The predicted octanol–water partition coefficient (Wildman–Crippen LogP) is 3.47. The number of hydrogen-bond acceptors (Lipinski definition) is 4. The van der Waals surface area contributed by atoms with Crippen molar-refractivity contribution < 1.29 is 14.4 Å². The summed E-state index contributed by atoms with van der Waals surface area (Å²) in [4.78, 5) is 36.8. The third kappa shape index (κ3) is 5.55. The first-order valence-electron chi connectivity index (χ1n) is 10.7. The van der Waals surface area contributed by atoms with E-state index in [2.05, 4.69) is 15.7 Å². The number of anilines is 1. The molecule has 1 atom stereocenters. The van der Waals surface area contributed by atoms with Crippen LogP contribution in [0.25, 0.3) is 5.69 Å². The normalized spacial score (nSPS) is 11.4. The molecule has 0 bridgehead atoms. The molecule has 0 aliphatic rings. The van der Waals surface area contributed by atoms with E-state index in [-0.39, 0.29) is 23.9 Å². The zero-order valence-electron chi connectivity index (χ0n) is 18.2. The molecule has 1 heterocycles. The van der Waals surface area contributed by atoms with Gasteiger partial charge in [0.1, 0.15) is 5.69 Å². The van der Waals surface area contributed by atoms with E-state index in [4.69, 9.17) is 5.73 Å². The molecule has 0 aliphatic heterocycles. The van der Waals surface area contributed by atoms with Crippen LogP contribution in [0.3, 0.4) is 0 Å². The van der Waals surface area contributed by atoms with Crippen molar-refractivity contribution in [3.63, 3.8) is 0 Å². The van der Waals surface area contributed by atoms with Gasteiger partial charge in [-0.15, -0.1) is 0 Å². The maximum atomic E-state index is 12.8. The predicted molar refractivity (Wildman–Crippen MR) is 128 cm³/mol. The van der Waals surface area contributed by atoms with Crippen molar-refractivity contribution in [1.29, 1.82) is 0 Å². The van der Waals surface area contributed by atoms with Crippen LogP contribution in [0, 0.1) is 0 Å². The lowest BCUT2D eigenvalue weighted by Crippen LogP contribution is -2.31. The van der Waals surface area contributed by atoms with E-state index in [1.165, 1.54) is 10.7 Å². The van der Waals surface area contributed by atoms with Gasteiger partial charge in [-0.25, -0.2) is 4.68 Å². The Hall–Kier alpha value is -4.72. The van der Waals surface area contributed by atoms with E-state index in [0.29, 0.717) is 16.9 Å². The Morgan fingerprint density at radius 1 is 0.853 bits per heavy atom. The molecule has 8 heteroatoms. The quantitative estimate of drug-likeness (QED) is 0.378. The van der Waals surface area contributed by atoms with E-state index < -0.39 is 11.9 Å². The van der Waals surface area contributed by atoms with Gasteiger partial charge in [0.25, 0.3) is 11.8 Å². The molecule has 0 saturated heterocycles. The zero-order chi connectivity index (χ0) is 23.9.